The molecule has 0 N–H and O–H groups in total. The van der Waals surface area contributed by atoms with Gasteiger partial charge < -0.3 is 14.2 Å². The molecule has 0 radical (unpaired) electrons. The summed E-state index contributed by atoms with van der Waals surface area (Å²) in [6, 6.07) is 9.93. The van der Waals surface area contributed by atoms with Crippen molar-refractivity contribution in [3.63, 3.8) is 0 Å². The monoisotopic (exact) mass is 304 g/mol. The van der Waals surface area contributed by atoms with Gasteiger partial charge >= 0.3 is 6.16 Å². The lowest BCUT2D eigenvalue weighted by Gasteiger charge is -2.12. The third-order valence-corrected chi connectivity index (χ3v) is 3.26. The first kappa shape index (κ1) is 15.8. The quantitative estimate of drug-likeness (QED) is 0.628. The zero-order chi connectivity index (χ0) is 16.1. The number of halogens is 1. The van der Waals surface area contributed by atoms with Crippen LogP contribution >= 0.6 is 0 Å². The Bertz CT molecular complexity index is 682. The van der Waals surface area contributed by atoms with Crippen LogP contribution in [-0.2, 0) is 11.3 Å². The van der Waals surface area contributed by atoms with Gasteiger partial charge in [-0.15, -0.1) is 0 Å². The highest BCUT2D eigenvalue weighted by Crippen LogP contribution is 2.25. The second-order valence-electron chi connectivity index (χ2n) is 4.82. The first-order valence-corrected chi connectivity index (χ1v) is 6.74. The van der Waals surface area contributed by atoms with Crippen molar-refractivity contribution in [1.82, 2.24) is 0 Å². The third kappa shape index (κ3) is 3.75. The van der Waals surface area contributed by atoms with Gasteiger partial charge in [0.15, 0.2) is 11.6 Å². The van der Waals surface area contributed by atoms with Crippen LogP contribution in [0.25, 0.3) is 0 Å². The Kier molecular flexibility index (Phi) is 4.99. The summed E-state index contributed by atoms with van der Waals surface area (Å²) in [7, 11) is 1.23. The van der Waals surface area contributed by atoms with Crippen LogP contribution in [-0.4, -0.2) is 13.3 Å². The van der Waals surface area contributed by atoms with E-state index in [2.05, 4.69) is 4.74 Å². The average molecular weight is 304 g/mol. The molecule has 2 aromatic carbocycles. The molecule has 0 bridgehead atoms. The lowest BCUT2D eigenvalue weighted by molar-refractivity contribution is 0.120. The normalized spacial score (nSPS) is 10.2. The number of benzene rings is 2. The van der Waals surface area contributed by atoms with Gasteiger partial charge in [0.25, 0.3) is 0 Å². The van der Waals surface area contributed by atoms with E-state index in [-0.39, 0.29) is 12.4 Å². The predicted octanol–water partition coefficient (Wildman–Crippen LogP) is 4.17. The molecule has 2 rings (SSSR count). The molecule has 2 aromatic rings. The Hall–Kier alpha value is -2.56. The van der Waals surface area contributed by atoms with E-state index in [1.54, 1.807) is 30.3 Å². The van der Waals surface area contributed by atoms with Crippen molar-refractivity contribution < 1.29 is 23.4 Å². The van der Waals surface area contributed by atoms with Crippen LogP contribution in [0.4, 0.5) is 9.18 Å². The van der Waals surface area contributed by atoms with Crippen LogP contribution < -0.4 is 9.47 Å². The molecule has 0 saturated carbocycles. The van der Waals surface area contributed by atoms with Gasteiger partial charge in [-0.25, -0.2) is 9.18 Å². The van der Waals surface area contributed by atoms with E-state index in [1.807, 2.05) is 13.8 Å². The number of carbonyl (C=O) groups excluding carboxylic acids is 1. The molecule has 0 aromatic heterocycles. The van der Waals surface area contributed by atoms with E-state index in [1.165, 1.54) is 13.2 Å². The van der Waals surface area contributed by atoms with Crippen LogP contribution in [0, 0.1) is 19.7 Å². The van der Waals surface area contributed by atoms with Gasteiger partial charge in [-0.1, -0.05) is 18.2 Å². The number of aryl methyl sites for hydroxylation is 2. The molecule has 4 nitrogen and oxygen atoms in total. The van der Waals surface area contributed by atoms with Crippen molar-refractivity contribution in [3.8, 4) is 11.5 Å². The maximum Gasteiger partial charge on any atom is 0.513 e. The number of para-hydroxylation sites is 1. The standard InChI is InChI=1S/C17H17FO4/c1-11-8-14(18)16(9-12(11)2)21-10-13-6-4-5-7-15(13)22-17(19)20-3/h4-9H,10H2,1-3H3. The minimum absolute atomic E-state index is 0.0760. The minimum atomic E-state index is -0.815. The average Bonchev–Trinajstić information content (AvgIpc) is 2.50. The van der Waals surface area contributed by atoms with Crippen molar-refractivity contribution in [1.29, 1.82) is 0 Å². The summed E-state index contributed by atoms with van der Waals surface area (Å²) in [5.41, 5.74) is 2.42. The number of hydrogen-bond acceptors (Lipinski definition) is 4. The van der Waals surface area contributed by atoms with Crippen LogP contribution in [0.15, 0.2) is 36.4 Å². The number of carbonyl (C=O) groups is 1. The SMILES string of the molecule is COC(=O)Oc1ccccc1COc1cc(C)c(C)cc1F. The molecule has 0 aliphatic carbocycles. The lowest BCUT2D eigenvalue weighted by atomic mass is 10.1. The van der Waals surface area contributed by atoms with Crippen LogP contribution in [0.5, 0.6) is 11.5 Å². The second-order valence-corrected chi connectivity index (χ2v) is 4.82. The van der Waals surface area contributed by atoms with Crippen LogP contribution in [0.1, 0.15) is 16.7 Å². The Morgan fingerprint density at radius 1 is 1.09 bits per heavy atom. The van der Waals surface area contributed by atoms with E-state index in [0.717, 1.165) is 11.1 Å². The molecular formula is C17H17FO4. The fourth-order valence-corrected chi connectivity index (χ4v) is 1.87. The van der Waals surface area contributed by atoms with E-state index < -0.39 is 12.0 Å². The number of hydrogen-bond donors (Lipinski definition) is 0. The Balaban J connectivity index is 2.15. The minimum Gasteiger partial charge on any atom is -0.486 e. The number of rotatable bonds is 4. The van der Waals surface area contributed by atoms with Gasteiger partial charge in [-0.05, 0) is 43.2 Å². The highest BCUT2D eigenvalue weighted by molar-refractivity contribution is 5.64. The predicted molar refractivity (Wildman–Crippen MR) is 79.7 cm³/mol. The Morgan fingerprint density at radius 3 is 2.50 bits per heavy atom. The molecule has 0 amide bonds. The molecular weight excluding hydrogens is 287 g/mol. The van der Waals surface area contributed by atoms with Crippen molar-refractivity contribution in [2.24, 2.45) is 0 Å². The van der Waals surface area contributed by atoms with Crippen LogP contribution in [0.3, 0.4) is 0 Å². The molecule has 5 heteroatoms. The van der Waals surface area contributed by atoms with E-state index in [4.69, 9.17) is 9.47 Å². The molecule has 0 saturated heterocycles. The molecule has 0 unspecified atom stereocenters. The summed E-state index contributed by atoms with van der Waals surface area (Å²) in [6.07, 6.45) is -0.815. The number of methoxy groups -OCH3 is 1. The topological polar surface area (TPSA) is 44.8 Å². The highest BCUT2D eigenvalue weighted by atomic mass is 19.1. The molecule has 0 fully saturated rings. The third-order valence-electron chi connectivity index (χ3n) is 3.26. The fraction of sp³-hybridized carbons (Fsp3) is 0.235. The summed E-state index contributed by atoms with van der Waals surface area (Å²) in [5, 5.41) is 0. The first-order chi connectivity index (χ1) is 10.5. The molecule has 116 valence electrons. The maximum absolute atomic E-state index is 13.9. The summed E-state index contributed by atoms with van der Waals surface area (Å²) >= 11 is 0. The van der Waals surface area contributed by atoms with E-state index >= 15 is 0 Å². The molecule has 0 aliphatic heterocycles. The molecule has 22 heavy (non-hydrogen) atoms. The summed E-state index contributed by atoms with van der Waals surface area (Å²) in [5.74, 6) is 0.0593. The molecule has 0 heterocycles. The number of ether oxygens (including phenoxy) is 3. The Labute approximate surface area is 128 Å². The molecule has 0 spiro atoms. The van der Waals surface area contributed by atoms with Gasteiger partial charge in [-0.2, -0.15) is 0 Å². The van der Waals surface area contributed by atoms with Gasteiger partial charge in [0, 0.05) is 5.56 Å². The Morgan fingerprint density at radius 2 is 1.77 bits per heavy atom. The smallest absolute Gasteiger partial charge is 0.486 e. The zero-order valence-corrected chi connectivity index (χ0v) is 12.7. The molecule has 0 atom stereocenters. The highest BCUT2D eigenvalue weighted by Gasteiger charge is 2.11. The van der Waals surface area contributed by atoms with Gasteiger partial charge in [0.05, 0.1) is 7.11 Å². The fourth-order valence-electron chi connectivity index (χ4n) is 1.87. The van der Waals surface area contributed by atoms with Crippen molar-refractivity contribution in [2.45, 2.75) is 20.5 Å². The van der Waals surface area contributed by atoms with Crippen LogP contribution in [0.2, 0.25) is 0 Å². The van der Waals surface area contributed by atoms with Gasteiger partial charge in [0.2, 0.25) is 0 Å². The van der Waals surface area contributed by atoms with Gasteiger partial charge in [0.1, 0.15) is 12.4 Å². The first-order valence-electron chi connectivity index (χ1n) is 6.74. The summed E-state index contributed by atoms with van der Waals surface area (Å²) in [6.45, 7) is 3.80. The van der Waals surface area contributed by atoms with Crippen molar-refractivity contribution in [2.75, 3.05) is 7.11 Å². The summed E-state index contributed by atoms with van der Waals surface area (Å²) < 4.78 is 28.9. The zero-order valence-electron chi connectivity index (χ0n) is 12.7. The molecule has 0 aliphatic rings. The van der Waals surface area contributed by atoms with E-state index in [0.29, 0.717) is 11.3 Å². The summed E-state index contributed by atoms with van der Waals surface area (Å²) in [4.78, 5) is 11.2. The maximum atomic E-state index is 13.9. The second kappa shape index (κ2) is 6.93. The lowest BCUT2D eigenvalue weighted by Crippen LogP contribution is -2.10. The van der Waals surface area contributed by atoms with Crippen molar-refractivity contribution >= 4 is 6.16 Å². The van der Waals surface area contributed by atoms with E-state index in [9.17, 15) is 9.18 Å². The largest absolute Gasteiger partial charge is 0.513 e. The van der Waals surface area contributed by atoms with Crippen molar-refractivity contribution in [3.05, 3.63) is 58.9 Å². The van der Waals surface area contributed by atoms with Gasteiger partial charge in [-0.3, -0.25) is 0 Å².